The molecule has 0 bridgehead atoms. The van der Waals surface area contributed by atoms with Crippen molar-refractivity contribution < 1.29 is 0 Å². The van der Waals surface area contributed by atoms with Gasteiger partial charge in [-0.2, -0.15) is 11.8 Å². The molecule has 1 heterocycles. The van der Waals surface area contributed by atoms with E-state index in [0.717, 1.165) is 17.7 Å². The van der Waals surface area contributed by atoms with Crippen LogP contribution in [0, 0.1) is 0 Å². The maximum atomic E-state index is 5.70. The highest BCUT2D eigenvalue weighted by Gasteiger charge is 2.23. The van der Waals surface area contributed by atoms with Crippen molar-refractivity contribution in [3.8, 4) is 0 Å². The fourth-order valence-electron chi connectivity index (χ4n) is 1.42. The van der Waals surface area contributed by atoms with Gasteiger partial charge >= 0.3 is 0 Å². The lowest BCUT2D eigenvalue weighted by molar-refractivity contribution is 0.226. The minimum atomic E-state index is 0.701. The van der Waals surface area contributed by atoms with E-state index in [4.69, 9.17) is 11.6 Å². The van der Waals surface area contributed by atoms with Crippen LogP contribution in [0.2, 0.25) is 0 Å². The molecular weight excluding hydrogens is 178 g/mol. The molecule has 0 N–H and O–H groups in total. The van der Waals surface area contributed by atoms with Crippen LogP contribution in [0.25, 0.3) is 0 Å². The molecule has 0 saturated carbocycles. The second-order valence-electron chi connectivity index (χ2n) is 3.04. The Morgan fingerprint density at radius 3 is 2.91 bits per heavy atom. The van der Waals surface area contributed by atoms with E-state index in [1.807, 2.05) is 0 Å². The summed E-state index contributed by atoms with van der Waals surface area (Å²) in [5, 5.41) is 0.770. The smallest absolute Gasteiger partial charge is 0.0351 e. The molecule has 3 heteroatoms. The van der Waals surface area contributed by atoms with Gasteiger partial charge in [-0.15, -0.1) is 11.6 Å². The first kappa shape index (κ1) is 9.69. The number of hydrogen-bond acceptors (Lipinski definition) is 2. The molecule has 2 unspecified atom stereocenters. The number of rotatable bonds is 2. The molecule has 1 rings (SSSR count). The molecule has 1 nitrogen and oxygen atoms in total. The van der Waals surface area contributed by atoms with Crippen molar-refractivity contribution in [3.63, 3.8) is 0 Å². The summed E-state index contributed by atoms with van der Waals surface area (Å²) in [5.41, 5.74) is 0. The Balaban J connectivity index is 2.38. The van der Waals surface area contributed by atoms with Crippen molar-refractivity contribution >= 4 is 23.4 Å². The van der Waals surface area contributed by atoms with Gasteiger partial charge in [-0.25, -0.2) is 0 Å². The molecule has 1 aliphatic rings. The molecule has 0 amide bonds. The van der Waals surface area contributed by atoms with E-state index in [9.17, 15) is 0 Å². The number of nitrogens with zero attached hydrogens (tertiary/aromatic N) is 1. The van der Waals surface area contributed by atoms with Crippen LogP contribution >= 0.6 is 23.4 Å². The van der Waals surface area contributed by atoms with E-state index in [2.05, 4.69) is 30.5 Å². The van der Waals surface area contributed by atoms with Crippen LogP contribution in [0.5, 0.6) is 0 Å². The molecule has 0 spiro atoms. The summed E-state index contributed by atoms with van der Waals surface area (Å²) < 4.78 is 0. The number of halogens is 1. The van der Waals surface area contributed by atoms with Crippen LogP contribution in [-0.2, 0) is 0 Å². The Labute approximate surface area is 78.5 Å². The number of alkyl halides is 1. The van der Waals surface area contributed by atoms with Gasteiger partial charge in [0.05, 0.1) is 0 Å². The summed E-state index contributed by atoms with van der Waals surface area (Å²) in [5.74, 6) is 2.03. The predicted octanol–water partition coefficient (Wildman–Crippen LogP) is 2.05. The average Bonchev–Trinajstić information content (AvgIpc) is 1.99. The molecule has 0 aliphatic carbocycles. The van der Waals surface area contributed by atoms with Gasteiger partial charge in [0.15, 0.2) is 0 Å². The van der Waals surface area contributed by atoms with Gasteiger partial charge in [0.1, 0.15) is 0 Å². The topological polar surface area (TPSA) is 3.24 Å². The molecule has 0 aromatic rings. The molecule has 1 saturated heterocycles. The van der Waals surface area contributed by atoms with Crippen molar-refractivity contribution in [3.05, 3.63) is 0 Å². The van der Waals surface area contributed by atoms with Gasteiger partial charge in [-0.1, -0.05) is 6.92 Å². The van der Waals surface area contributed by atoms with Crippen LogP contribution in [0.1, 0.15) is 13.8 Å². The quantitative estimate of drug-likeness (QED) is 0.618. The van der Waals surface area contributed by atoms with Crippen LogP contribution in [0.15, 0.2) is 0 Å². The van der Waals surface area contributed by atoms with E-state index in [-0.39, 0.29) is 0 Å². The fourth-order valence-corrected chi connectivity index (χ4v) is 2.80. The van der Waals surface area contributed by atoms with E-state index in [1.165, 1.54) is 12.3 Å². The third-order valence-electron chi connectivity index (χ3n) is 2.39. The molecule has 11 heavy (non-hydrogen) atoms. The Hall–Kier alpha value is 0.600. The van der Waals surface area contributed by atoms with Crippen molar-refractivity contribution in [2.45, 2.75) is 25.1 Å². The minimum Gasteiger partial charge on any atom is -0.298 e. The van der Waals surface area contributed by atoms with Crippen molar-refractivity contribution in [1.82, 2.24) is 4.90 Å². The molecule has 1 aliphatic heterocycles. The zero-order chi connectivity index (χ0) is 8.27. The summed E-state index contributed by atoms with van der Waals surface area (Å²) in [6, 6.07) is 0.701. The van der Waals surface area contributed by atoms with Crippen LogP contribution in [0.4, 0.5) is 0 Å². The number of hydrogen-bond donors (Lipinski definition) is 0. The van der Waals surface area contributed by atoms with Crippen LogP contribution in [0.3, 0.4) is 0 Å². The van der Waals surface area contributed by atoms with Crippen molar-refractivity contribution in [2.24, 2.45) is 0 Å². The lowest BCUT2D eigenvalue weighted by Crippen LogP contribution is -2.45. The zero-order valence-corrected chi connectivity index (χ0v) is 8.79. The van der Waals surface area contributed by atoms with Crippen molar-refractivity contribution in [1.29, 1.82) is 0 Å². The molecular formula is C8H16ClNS. The van der Waals surface area contributed by atoms with Crippen LogP contribution in [-0.4, -0.2) is 40.9 Å². The summed E-state index contributed by atoms with van der Waals surface area (Å²) in [6.45, 7) is 6.86. The monoisotopic (exact) mass is 193 g/mol. The number of thioether (sulfide) groups is 1. The highest BCUT2D eigenvalue weighted by atomic mass is 35.5. The highest BCUT2D eigenvalue weighted by molar-refractivity contribution is 8.00. The first-order valence-electron chi connectivity index (χ1n) is 4.17. The first-order chi connectivity index (χ1) is 5.25. The first-order valence-corrected chi connectivity index (χ1v) is 5.75. The third-order valence-corrected chi connectivity index (χ3v) is 3.89. The van der Waals surface area contributed by atoms with E-state index in [1.54, 1.807) is 0 Å². The molecule has 66 valence electrons. The highest BCUT2D eigenvalue weighted by Crippen LogP contribution is 2.23. The zero-order valence-electron chi connectivity index (χ0n) is 7.22. The fraction of sp³-hybridized carbons (Fsp3) is 1.00. The maximum absolute atomic E-state index is 5.70. The summed E-state index contributed by atoms with van der Waals surface area (Å²) in [6.07, 6.45) is 0. The normalized spacial score (nSPS) is 34.1. The van der Waals surface area contributed by atoms with Gasteiger partial charge in [-0.05, 0) is 6.92 Å². The SMILES string of the molecule is CC1SCCN(CCCl)C1C. The molecule has 2 atom stereocenters. The standard InChI is InChI=1S/C8H16ClNS/c1-7-8(2)11-6-5-10(7)4-3-9/h7-8H,3-6H2,1-2H3. The van der Waals surface area contributed by atoms with Gasteiger partial charge in [0.2, 0.25) is 0 Å². The minimum absolute atomic E-state index is 0.701. The summed E-state index contributed by atoms with van der Waals surface area (Å²) in [7, 11) is 0. The van der Waals surface area contributed by atoms with E-state index >= 15 is 0 Å². The van der Waals surface area contributed by atoms with Gasteiger partial charge in [0, 0.05) is 36.0 Å². The Kier molecular flexibility index (Phi) is 4.04. The van der Waals surface area contributed by atoms with Crippen molar-refractivity contribution in [2.75, 3.05) is 24.7 Å². The molecule has 1 fully saturated rings. The van der Waals surface area contributed by atoms with Crippen LogP contribution < -0.4 is 0 Å². The summed E-state index contributed by atoms with van der Waals surface area (Å²) in [4.78, 5) is 2.48. The lowest BCUT2D eigenvalue weighted by Gasteiger charge is -2.36. The second kappa shape index (κ2) is 4.58. The second-order valence-corrected chi connectivity index (χ2v) is 4.90. The van der Waals surface area contributed by atoms with Gasteiger partial charge in [0.25, 0.3) is 0 Å². The molecule has 0 radical (unpaired) electrons. The summed E-state index contributed by atoms with van der Waals surface area (Å²) >= 11 is 7.77. The molecule has 0 aromatic carbocycles. The van der Waals surface area contributed by atoms with E-state index in [0.29, 0.717) is 6.04 Å². The van der Waals surface area contributed by atoms with Gasteiger partial charge in [-0.3, -0.25) is 4.90 Å². The largest absolute Gasteiger partial charge is 0.298 e. The maximum Gasteiger partial charge on any atom is 0.0351 e. The lowest BCUT2D eigenvalue weighted by atomic mass is 10.2. The molecule has 0 aromatic heterocycles. The predicted molar refractivity (Wildman–Crippen MR) is 53.7 cm³/mol. The average molecular weight is 194 g/mol. The Morgan fingerprint density at radius 2 is 2.27 bits per heavy atom. The van der Waals surface area contributed by atoms with E-state index < -0.39 is 0 Å². The van der Waals surface area contributed by atoms with Gasteiger partial charge < -0.3 is 0 Å². The Morgan fingerprint density at radius 1 is 1.55 bits per heavy atom. The Bertz CT molecular complexity index is 119. The third kappa shape index (κ3) is 2.53.